The molecule has 116 valence electrons. The molecule has 1 spiro atoms. The highest BCUT2D eigenvalue weighted by Gasteiger charge is 2.45. The normalized spacial score (nSPS) is 23.1. The topological polar surface area (TPSA) is 75.5 Å². The molecule has 7 nitrogen and oxygen atoms in total. The molecule has 2 fully saturated rings. The number of rotatable bonds is 2. The Morgan fingerprint density at radius 2 is 1.90 bits per heavy atom. The Hall–Kier alpha value is -1.41. The molecule has 8 heteroatoms. The van der Waals surface area contributed by atoms with E-state index in [4.69, 9.17) is 0 Å². The van der Waals surface area contributed by atoms with E-state index < -0.39 is 10.0 Å². The second kappa shape index (κ2) is 4.81. The van der Waals surface area contributed by atoms with Gasteiger partial charge in [-0.15, -0.1) is 0 Å². The maximum atomic E-state index is 12.5. The van der Waals surface area contributed by atoms with Crippen LogP contribution in [-0.2, 0) is 21.9 Å². The van der Waals surface area contributed by atoms with Crippen LogP contribution in [0.25, 0.3) is 0 Å². The Morgan fingerprint density at radius 1 is 1.24 bits per heavy atom. The molecule has 0 radical (unpaired) electrons. The van der Waals surface area contributed by atoms with E-state index in [2.05, 4.69) is 4.98 Å². The van der Waals surface area contributed by atoms with Crippen molar-refractivity contribution in [3.8, 4) is 0 Å². The molecule has 0 N–H and O–H groups in total. The number of imidazole rings is 1. The largest absolute Gasteiger partial charge is 0.345 e. The predicted molar refractivity (Wildman–Crippen MR) is 75.9 cm³/mol. The number of carbonyl (C=O) groups is 1. The molecule has 0 aromatic carbocycles. The van der Waals surface area contributed by atoms with Crippen LogP contribution in [0.2, 0.25) is 0 Å². The van der Waals surface area contributed by atoms with Gasteiger partial charge < -0.3 is 9.47 Å². The summed E-state index contributed by atoms with van der Waals surface area (Å²) in [5.74, 6) is 0.163. The van der Waals surface area contributed by atoms with E-state index in [1.165, 1.54) is 16.8 Å². The van der Waals surface area contributed by atoms with Crippen molar-refractivity contribution in [2.24, 2.45) is 12.5 Å². The first-order valence-corrected chi connectivity index (χ1v) is 8.49. The minimum Gasteiger partial charge on any atom is -0.345 e. The third-order valence-electron chi connectivity index (χ3n) is 4.59. The maximum Gasteiger partial charge on any atom is 0.262 e. The van der Waals surface area contributed by atoms with Crippen LogP contribution < -0.4 is 0 Å². The van der Waals surface area contributed by atoms with Crippen LogP contribution in [-0.4, -0.2) is 59.8 Å². The standard InChI is InChI=1S/C13H20N4O3S/c1-15-8-11(14-10-15)21(19,20)17-5-3-13(4-6-17)7-12(18)16(2)9-13/h8,10H,3-7,9H2,1-2H3. The summed E-state index contributed by atoms with van der Waals surface area (Å²) in [5, 5.41) is 0.0977. The summed E-state index contributed by atoms with van der Waals surface area (Å²) in [4.78, 5) is 17.4. The van der Waals surface area contributed by atoms with Gasteiger partial charge in [-0.2, -0.15) is 4.31 Å². The van der Waals surface area contributed by atoms with Crippen molar-refractivity contribution in [2.75, 3.05) is 26.7 Å². The van der Waals surface area contributed by atoms with E-state index >= 15 is 0 Å². The molecule has 2 saturated heterocycles. The fraction of sp³-hybridized carbons (Fsp3) is 0.692. The first-order chi connectivity index (χ1) is 9.82. The van der Waals surface area contributed by atoms with Crippen molar-refractivity contribution in [3.63, 3.8) is 0 Å². The number of hydrogen-bond acceptors (Lipinski definition) is 4. The highest BCUT2D eigenvalue weighted by Crippen LogP contribution is 2.41. The van der Waals surface area contributed by atoms with Crippen LogP contribution in [0.5, 0.6) is 0 Å². The third-order valence-corrected chi connectivity index (χ3v) is 6.38. The second-order valence-corrected chi connectivity index (χ2v) is 8.09. The van der Waals surface area contributed by atoms with Gasteiger partial charge in [0, 0.05) is 46.3 Å². The zero-order valence-electron chi connectivity index (χ0n) is 12.3. The Kier molecular flexibility index (Phi) is 3.32. The minimum absolute atomic E-state index is 0.0397. The van der Waals surface area contributed by atoms with Crippen molar-refractivity contribution in [2.45, 2.75) is 24.3 Å². The zero-order valence-corrected chi connectivity index (χ0v) is 13.1. The van der Waals surface area contributed by atoms with Crippen molar-refractivity contribution in [3.05, 3.63) is 12.5 Å². The Labute approximate surface area is 124 Å². The summed E-state index contributed by atoms with van der Waals surface area (Å²) in [7, 11) is 0.0492. The smallest absolute Gasteiger partial charge is 0.262 e. The number of carbonyl (C=O) groups excluding carboxylic acids is 1. The molecular formula is C13H20N4O3S. The molecule has 0 unspecified atom stereocenters. The molecule has 0 bridgehead atoms. The van der Waals surface area contributed by atoms with E-state index in [-0.39, 0.29) is 16.3 Å². The average molecular weight is 312 g/mol. The number of hydrogen-bond donors (Lipinski definition) is 0. The highest BCUT2D eigenvalue weighted by molar-refractivity contribution is 7.89. The zero-order chi connectivity index (χ0) is 15.3. The molecule has 3 heterocycles. The summed E-state index contributed by atoms with van der Waals surface area (Å²) < 4.78 is 28.1. The lowest BCUT2D eigenvalue weighted by molar-refractivity contribution is -0.126. The fourth-order valence-corrected chi connectivity index (χ4v) is 4.70. The van der Waals surface area contributed by atoms with Gasteiger partial charge >= 0.3 is 0 Å². The van der Waals surface area contributed by atoms with E-state index in [9.17, 15) is 13.2 Å². The first-order valence-electron chi connectivity index (χ1n) is 7.05. The number of aromatic nitrogens is 2. The van der Waals surface area contributed by atoms with E-state index in [0.29, 0.717) is 19.5 Å². The van der Waals surface area contributed by atoms with Crippen LogP contribution >= 0.6 is 0 Å². The molecule has 0 atom stereocenters. The predicted octanol–water partition coefficient (Wildman–Crippen LogP) is 0.0531. The van der Waals surface area contributed by atoms with Crippen molar-refractivity contribution in [1.29, 1.82) is 0 Å². The number of amides is 1. The number of piperidine rings is 1. The molecule has 1 aromatic rings. The molecule has 2 aliphatic heterocycles. The fourth-order valence-electron chi connectivity index (χ4n) is 3.29. The van der Waals surface area contributed by atoms with Crippen molar-refractivity contribution >= 4 is 15.9 Å². The van der Waals surface area contributed by atoms with Crippen LogP contribution in [0.4, 0.5) is 0 Å². The van der Waals surface area contributed by atoms with Gasteiger partial charge in [-0.3, -0.25) is 4.79 Å². The Bertz CT molecular complexity index is 659. The van der Waals surface area contributed by atoms with E-state index in [1.807, 2.05) is 7.05 Å². The third kappa shape index (κ3) is 2.46. The maximum absolute atomic E-state index is 12.5. The lowest BCUT2D eigenvalue weighted by Gasteiger charge is -2.37. The van der Waals surface area contributed by atoms with E-state index in [1.54, 1.807) is 16.5 Å². The van der Waals surface area contributed by atoms with Crippen molar-refractivity contribution < 1.29 is 13.2 Å². The summed E-state index contributed by atoms with van der Waals surface area (Å²) >= 11 is 0. The Balaban J connectivity index is 1.73. The minimum atomic E-state index is -3.51. The van der Waals surface area contributed by atoms with Crippen LogP contribution in [0.1, 0.15) is 19.3 Å². The molecule has 1 aromatic heterocycles. The van der Waals surface area contributed by atoms with Crippen molar-refractivity contribution in [1.82, 2.24) is 18.8 Å². The Morgan fingerprint density at radius 3 is 2.38 bits per heavy atom. The number of nitrogens with zero attached hydrogens (tertiary/aromatic N) is 4. The average Bonchev–Trinajstić information content (AvgIpc) is 2.96. The van der Waals surface area contributed by atoms with Gasteiger partial charge in [0.25, 0.3) is 10.0 Å². The van der Waals surface area contributed by atoms with Gasteiger partial charge in [-0.1, -0.05) is 0 Å². The molecule has 3 rings (SSSR count). The quantitative estimate of drug-likeness (QED) is 0.773. The lowest BCUT2D eigenvalue weighted by atomic mass is 9.78. The first kappa shape index (κ1) is 14.5. The molecule has 1 amide bonds. The summed E-state index contributed by atoms with van der Waals surface area (Å²) in [6.45, 7) is 1.66. The SMILES string of the molecule is CN1CC2(CCN(S(=O)(=O)c3cn(C)cn3)CC2)CC1=O. The molecule has 0 aliphatic carbocycles. The van der Waals surface area contributed by atoms with Gasteiger partial charge in [0.1, 0.15) is 0 Å². The summed E-state index contributed by atoms with van der Waals surface area (Å²) in [6, 6.07) is 0. The van der Waals surface area contributed by atoms with Gasteiger partial charge in [0.15, 0.2) is 5.03 Å². The van der Waals surface area contributed by atoms with Crippen LogP contribution in [0.3, 0.4) is 0 Å². The second-order valence-electron chi connectivity index (χ2n) is 6.21. The monoisotopic (exact) mass is 312 g/mol. The van der Waals surface area contributed by atoms with E-state index in [0.717, 1.165) is 19.4 Å². The van der Waals surface area contributed by atoms with Gasteiger partial charge in [0.2, 0.25) is 5.91 Å². The summed E-state index contributed by atoms with van der Waals surface area (Å²) in [6.07, 6.45) is 5.01. The van der Waals surface area contributed by atoms with Gasteiger partial charge in [0.05, 0.1) is 6.33 Å². The molecule has 2 aliphatic rings. The van der Waals surface area contributed by atoms with Crippen LogP contribution in [0, 0.1) is 5.41 Å². The molecule has 0 saturated carbocycles. The molecule has 21 heavy (non-hydrogen) atoms. The van der Waals surface area contributed by atoms with Crippen LogP contribution in [0.15, 0.2) is 17.6 Å². The lowest BCUT2D eigenvalue weighted by Crippen LogP contribution is -2.44. The highest BCUT2D eigenvalue weighted by atomic mass is 32.2. The summed E-state index contributed by atoms with van der Waals surface area (Å²) in [5.41, 5.74) is -0.0397. The molecular weight excluding hydrogens is 292 g/mol. The van der Waals surface area contributed by atoms with Gasteiger partial charge in [-0.25, -0.2) is 13.4 Å². The number of sulfonamides is 1. The number of likely N-dealkylation sites (tertiary alicyclic amines) is 1. The number of aryl methyl sites for hydroxylation is 1. The van der Waals surface area contributed by atoms with Gasteiger partial charge in [-0.05, 0) is 18.3 Å².